The zero-order valence-corrected chi connectivity index (χ0v) is 10.9. The quantitative estimate of drug-likeness (QED) is 0.901. The van der Waals surface area contributed by atoms with Crippen LogP contribution in [0.1, 0.15) is 17.0 Å². The molecule has 0 heterocycles. The first kappa shape index (κ1) is 14.0. The van der Waals surface area contributed by atoms with Gasteiger partial charge in [0.05, 0.1) is 6.61 Å². The van der Waals surface area contributed by atoms with Gasteiger partial charge in [0, 0.05) is 10.9 Å². The van der Waals surface area contributed by atoms with E-state index in [1.807, 2.05) is 0 Å². The van der Waals surface area contributed by atoms with Gasteiger partial charge in [-0.1, -0.05) is 23.7 Å². The second-order valence-electron chi connectivity index (χ2n) is 4.37. The lowest BCUT2D eigenvalue weighted by Crippen LogP contribution is -2.09. The first-order chi connectivity index (χ1) is 9.10. The van der Waals surface area contributed by atoms with Crippen LogP contribution in [0.3, 0.4) is 0 Å². The van der Waals surface area contributed by atoms with Crippen molar-refractivity contribution in [3.05, 3.63) is 70.2 Å². The number of hydrogen-bond donors (Lipinski definition) is 1. The summed E-state index contributed by atoms with van der Waals surface area (Å²) in [5, 5.41) is 10.0. The lowest BCUT2D eigenvalue weighted by Gasteiger charge is -2.15. The van der Waals surface area contributed by atoms with E-state index in [9.17, 15) is 13.9 Å². The Morgan fingerprint density at radius 3 is 2.37 bits per heavy atom. The van der Waals surface area contributed by atoms with Crippen molar-refractivity contribution in [2.24, 2.45) is 0 Å². The van der Waals surface area contributed by atoms with Gasteiger partial charge in [-0.25, -0.2) is 8.78 Å². The van der Waals surface area contributed by atoms with E-state index in [4.69, 9.17) is 11.6 Å². The molecule has 2 aromatic rings. The predicted molar refractivity (Wildman–Crippen MR) is 71.3 cm³/mol. The maximum atomic E-state index is 13.6. The predicted octanol–water partition coefficient (Wildman–Crippen LogP) is 3.94. The summed E-state index contributed by atoms with van der Waals surface area (Å²) in [5.74, 6) is -1.23. The molecule has 1 nitrogen and oxygen atoms in total. The number of aliphatic hydroxyl groups is 1. The number of rotatable bonds is 4. The molecule has 19 heavy (non-hydrogen) atoms. The first-order valence-corrected chi connectivity index (χ1v) is 6.28. The molecule has 0 aliphatic carbocycles. The minimum atomic E-state index is -0.482. The third-order valence-corrected chi connectivity index (χ3v) is 3.29. The molecule has 0 bridgehead atoms. The Labute approximate surface area is 115 Å². The average Bonchev–Trinajstić information content (AvgIpc) is 2.41. The molecule has 0 fully saturated rings. The smallest absolute Gasteiger partial charge is 0.126 e. The molecular formula is C15H13ClF2O. The molecule has 2 rings (SSSR count). The summed E-state index contributed by atoms with van der Waals surface area (Å²) in [7, 11) is 0. The van der Waals surface area contributed by atoms with Crippen LogP contribution in [0, 0.1) is 11.6 Å². The van der Waals surface area contributed by atoms with E-state index in [-0.39, 0.29) is 24.5 Å². The van der Waals surface area contributed by atoms with E-state index in [0.29, 0.717) is 5.02 Å². The topological polar surface area (TPSA) is 20.2 Å². The van der Waals surface area contributed by atoms with Gasteiger partial charge in [-0.2, -0.15) is 0 Å². The Morgan fingerprint density at radius 1 is 1.05 bits per heavy atom. The van der Waals surface area contributed by atoms with Gasteiger partial charge in [0.1, 0.15) is 11.6 Å². The Bertz CT molecular complexity index is 555. The highest BCUT2D eigenvalue weighted by atomic mass is 35.5. The van der Waals surface area contributed by atoms with Gasteiger partial charge in [0.2, 0.25) is 0 Å². The summed E-state index contributed by atoms with van der Waals surface area (Å²) in [5.41, 5.74) is 1.10. The molecule has 0 aliphatic heterocycles. The summed E-state index contributed by atoms with van der Waals surface area (Å²) in [6.45, 7) is -0.141. The molecule has 1 unspecified atom stereocenters. The maximum absolute atomic E-state index is 13.6. The second-order valence-corrected chi connectivity index (χ2v) is 4.81. The normalized spacial score (nSPS) is 12.4. The summed E-state index contributed by atoms with van der Waals surface area (Å²) in [4.78, 5) is 0. The summed E-state index contributed by atoms with van der Waals surface area (Å²) in [6.07, 6.45) is 0.238. The lowest BCUT2D eigenvalue weighted by molar-refractivity contribution is 0.263. The zero-order valence-electron chi connectivity index (χ0n) is 10.1. The largest absolute Gasteiger partial charge is 0.396 e. The van der Waals surface area contributed by atoms with Crippen LogP contribution in [-0.4, -0.2) is 11.7 Å². The molecule has 2 aromatic carbocycles. The van der Waals surface area contributed by atoms with Gasteiger partial charge < -0.3 is 5.11 Å². The first-order valence-electron chi connectivity index (χ1n) is 5.90. The molecule has 0 aromatic heterocycles. The highest BCUT2D eigenvalue weighted by molar-refractivity contribution is 6.30. The molecule has 0 saturated heterocycles. The fourth-order valence-corrected chi connectivity index (χ4v) is 2.11. The SMILES string of the molecule is OCC(Cc1cc(F)ccc1F)c1ccc(Cl)cc1. The van der Waals surface area contributed by atoms with Crippen LogP contribution in [0.15, 0.2) is 42.5 Å². The molecule has 0 amide bonds. The van der Waals surface area contributed by atoms with Crippen molar-refractivity contribution in [3.63, 3.8) is 0 Å². The molecule has 1 atom stereocenters. The van der Waals surface area contributed by atoms with E-state index in [0.717, 1.165) is 23.8 Å². The highest BCUT2D eigenvalue weighted by Gasteiger charge is 2.14. The van der Waals surface area contributed by atoms with Crippen molar-refractivity contribution in [3.8, 4) is 0 Å². The zero-order chi connectivity index (χ0) is 13.8. The minimum absolute atomic E-state index is 0.141. The Hall–Kier alpha value is -1.45. The number of halogens is 3. The average molecular weight is 283 g/mol. The Balaban J connectivity index is 2.23. The third kappa shape index (κ3) is 3.52. The second kappa shape index (κ2) is 6.13. The number of benzene rings is 2. The van der Waals surface area contributed by atoms with Crippen molar-refractivity contribution in [1.29, 1.82) is 0 Å². The van der Waals surface area contributed by atoms with E-state index in [1.165, 1.54) is 0 Å². The Morgan fingerprint density at radius 2 is 1.74 bits per heavy atom. The van der Waals surface area contributed by atoms with Crippen LogP contribution in [0.2, 0.25) is 5.02 Å². The summed E-state index contributed by atoms with van der Waals surface area (Å²) < 4.78 is 26.7. The van der Waals surface area contributed by atoms with Gasteiger partial charge in [-0.15, -0.1) is 0 Å². The molecule has 0 spiro atoms. The molecule has 1 N–H and O–H groups in total. The standard InChI is InChI=1S/C15H13ClF2O/c16-13-3-1-10(2-4-13)12(9-19)7-11-8-14(17)5-6-15(11)18/h1-6,8,12,19H,7,9H2. The molecule has 100 valence electrons. The Kier molecular flexibility index (Phi) is 4.51. The van der Waals surface area contributed by atoms with Crippen molar-refractivity contribution in [1.82, 2.24) is 0 Å². The fraction of sp³-hybridized carbons (Fsp3) is 0.200. The van der Waals surface area contributed by atoms with Crippen molar-refractivity contribution in [2.75, 3.05) is 6.61 Å². The molecule has 0 radical (unpaired) electrons. The number of hydrogen-bond acceptors (Lipinski definition) is 1. The number of aliphatic hydroxyl groups excluding tert-OH is 1. The van der Waals surface area contributed by atoms with Gasteiger partial charge in [-0.3, -0.25) is 0 Å². The molecule has 0 aliphatic rings. The van der Waals surface area contributed by atoms with Gasteiger partial charge in [0.25, 0.3) is 0 Å². The molecular weight excluding hydrogens is 270 g/mol. The van der Waals surface area contributed by atoms with Crippen LogP contribution >= 0.6 is 11.6 Å². The van der Waals surface area contributed by atoms with Gasteiger partial charge in [-0.05, 0) is 47.9 Å². The summed E-state index contributed by atoms with van der Waals surface area (Å²) in [6, 6.07) is 10.3. The monoisotopic (exact) mass is 282 g/mol. The van der Waals surface area contributed by atoms with E-state index < -0.39 is 11.6 Å². The fourth-order valence-electron chi connectivity index (χ4n) is 1.99. The highest BCUT2D eigenvalue weighted by Crippen LogP contribution is 2.24. The van der Waals surface area contributed by atoms with Crippen LogP contribution in [0.4, 0.5) is 8.78 Å². The van der Waals surface area contributed by atoms with Crippen LogP contribution in [0.25, 0.3) is 0 Å². The van der Waals surface area contributed by atoms with Gasteiger partial charge >= 0.3 is 0 Å². The third-order valence-electron chi connectivity index (χ3n) is 3.04. The van der Waals surface area contributed by atoms with Gasteiger partial charge in [0.15, 0.2) is 0 Å². The van der Waals surface area contributed by atoms with Crippen LogP contribution in [0.5, 0.6) is 0 Å². The van der Waals surface area contributed by atoms with E-state index in [1.54, 1.807) is 24.3 Å². The minimum Gasteiger partial charge on any atom is -0.396 e. The van der Waals surface area contributed by atoms with Crippen molar-refractivity contribution < 1.29 is 13.9 Å². The van der Waals surface area contributed by atoms with Crippen molar-refractivity contribution in [2.45, 2.75) is 12.3 Å². The molecule has 4 heteroatoms. The van der Waals surface area contributed by atoms with Crippen LogP contribution in [-0.2, 0) is 6.42 Å². The van der Waals surface area contributed by atoms with E-state index >= 15 is 0 Å². The molecule has 0 saturated carbocycles. The lowest BCUT2D eigenvalue weighted by atomic mass is 9.92. The van der Waals surface area contributed by atoms with Crippen molar-refractivity contribution >= 4 is 11.6 Å². The van der Waals surface area contributed by atoms with E-state index in [2.05, 4.69) is 0 Å². The maximum Gasteiger partial charge on any atom is 0.126 e. The summed E-state index contributed by atoms with van der Waals surface area (Å²) >= 11 is 5.79. The van der Waals surface area contributed by atoms with Crippen LogP contribution < -0.4 is 0 Å².